The first-order valence-corrected chi connectivity index (χ1v) is 11.3. The van der Waals surface area contributed by atoms with Gasteiger partial charge in [-0.3, -0.25) is 9.69 Å². The number of alkyl halides is 3. The Balaban J connectivity index is 1.53. The van der Waals surface area contributed by atoms with E-state index in [1.54, 1.807) is 28.0 Å². The molecule has 0 spiro atoms. The molecule has 3 amide bonds. The maximum Gasteiger partial charge on any atom is 0.416 e. The fourth-order valence-corrected chi connectivity index (χ4v) is 4.37. The van der Waals surface area contributed by atoms with Crippen molar-refractivity contribution in [3.63, 3.8) is 0 Å². The topological polar surface area (TPSA) is 52.6 Å². The number of hydrogen-bond donors (Lipinski definition) is 1. The highest BCUT2D eigenvalue weighted by molar-refractivity contribution is 7.12. The first-order chi connectivity index (χ1) is 15.7. The van der Waals surface area contributed by atoms with Crippen molar-refractivity contribution >= 4 is 34.6 Å². The summed E-state index contributed by atoms with van der Waals surface area (Å²) in [7, 11) is 0. The third kappa shape index (κ3) is 5.19. The van der Waals surface area contributed by atoms with Gasteiger partial charge in [0, 0.05) is 19.6 Å². The third-order valence-corrected chi connectivity index (χ3v) is 6.27. The smallest absolute Gasteiger partial charge is 0.320 e. The van der Waals surface area contributed by atoms with Crippen LogP contribution in [0.1, 0.15) is 32.8 Å². The molecule has 0 aliphatic carbocycles. The van der Waals surface area contributed by atoms with Crippen LogP contribution < -0.4 is 10.2 Å². The zero-order valence-corrected chi connectivity index (χ0v) is 18.7. The molecule has 33 heavy (non-hydrogen) atoms. The molecule has 5 nitrogen and oxygen atoms in total. The number of nitrogens with zero attached hydrogens (tertiary/aromatic N) is 2. The molecule has 0 unspecified atom stereocenters. The lowest BCUT2D eigenvalue weighted by molar-refractivity contribution is -0.137. The fourth-order valence-electron chi connectivity index (χ4n) is 3.75. The summed E-state index contributed by atoms with van der Waals surface area (Å²) in [6.45, 7) is 3.09. The summed E-state index contributed by atoms with van der Waals surface area (Å²) < 4.78 is 38.5. The Labute approximate surface area is 193 Å². The monoisotopic (exact) mass is 473 g/mol. The molecular weight excluding hydrogens is 451 g/mol. The molecule has 0 radical (unpaired) electrons. The molecule has 1 saturated heterocycles. The van der Waals surface area contributed by atoms with Crippen LogP contribution in [0.3, 0.4) is 0 Å². The van der Waals surface area contributed by atoms with E-state index >= 15 is 0 Å². The van der Waals surface area contributed by atoms with E-state index < -0.39 is 11.7 Å². The molecule has 172 valence electrons. The van der Waals surface area contributed by atoms with Gasteiger partial charge in [0.05, 0.1) is 21.8 Å². The number of hydrogen-bond acceptors (Lipinski definition) is 3. The number of rotatable bonds is 5. The lowest BCUT2D eigenvalue weighted by Crippen LogP contribution is -2.49. The minimum atomic E-state index is -4.40. The summed E-state index contributed by atoms with van der Waals surface area (Å²) in [5.74, 6) is -0.247. The van der Waals surface area contributed by atoms with Gasteiger partial charge in [0.1, 0.15) is 0 Å². The van der Waals surface area contributed by atoms with Crippen LogP contribution in [0, 0.1) is 6.92 Å². The SMILES string of the molecule is Cc1ccc(N2CCCN(Cc3ccc(C(F)(F)F)cc3)C2=O)c(NC(=O)c2cccs2)c1. The Hall–Kier alpha value is -3.33. The highest BCUT2D eigenvalue weighted by Crippen LogP contribution is 2.32. The number of urea groups is 1. The van der Waals surface area contributed by atoms with Crippen molar-refractivity contribution in [3.8, 4) is 0 Å². The van der Waals surface area contributed by atoms with Gasteiger partial charge in [0.2, 0.25) is 0 Å². The number of thiophene rings is 1. The Morgan fingerprint density at radius 3 is 2.52 bits per heavy atom. The van der Waals surface area contributed by atoms with E-state index in [0.29, 0.717) is 41.3 Å². The quantitative estimate of drug-likeness (QED) is 0.483. The van der Waals surface area contributed by atoms with Crippen LogP contribution in [0.25, 0.3) is 0 Å². The lowest BCUT2D eigenvalue weighted by atomic mass is 10.1. The van der Waals surface area contributed by atoms with Crippen molar-refractivity contribution in [2.24, 2.45) is 0 Å². The molecule has 0 saturated carbocycles. The second-order valence-corrected chi connectivity index (χ2v) is 8.80. The Morgan fingerprint density at radius 2 is 1.85 bits per heavy atom. The summed E-state index contributed by atoms with van der Waals surface area (Å²) in [6.07, 6.45) is -3.70. The van der Waals surface area contributed by atoms with Gasteiger partial charge >= 0.3 is 12.2 Å². The summed E-state index contributed by atoms with van der Waals surface area (Å²) in [5, 5.41) is 4.73. The number of aryl methyl sites for hydroxylation is 1. The molecule has 2 heterocycles. The maximum absolute atomic E-state index is 13.3. The summed E-state index contributed by atoms with van der Waals surface area (Å²) in [4.78, 5) is 29.7. The first-order valence-electron chi connectivity index (χ1n) is 10.4. The van der Waals surface area contributed by atoms with Gasteiger partial charge < -0.3 is 10.2 Å². The number of amides is 3. The van der Waals surface area contributed by atoms with Crippen molar-refractivity contribution in [2.75, 3.05) is 23.3 Å². The van der Waals surface area contributed by atoms with Crippen molar-refractivity contribution in [3.05, 3.63) is 81.5 Å². The molecule has 1 N–H and O–H groups in total. The molecule has 3 aromatic rings. The first kappa shape index (κ1) is 22.8. The predicted octanol–water partition coefficient (Wildman–Crippen LogP) is 6.16. The van der Waals surface area contributed by atoms with E-state index in [1.165, 1.54) is 23.5 Å². The normalized spacial score (nSPS) is 14.5. The van der Waals surface area contributed by atoms with Crippen LogP contribution in [0.5, 0.6) is 0 Å². The van der Waals surface area contributed by atoms with E-state index in [4.69, 9.17) is 0 Å². The molecule has 1 aromatic heterocycles. The van der Waals surface area contributed by atoms with Crippen LogP contribution in [-0.4, -0.2) is 29.9 Å². The number of nitrogens with one attached hydrogen (secondary N) is 1. The Kier molecular flexibility index (Phi) is 6.42. The number of carbonyl (C=O) groups is 2. The minimum Gasteiger partial charge on any atom is -0.320 e. The molecule has 9 heteroatoms. The van der Waals surface area contributed by atoms with E-state index in [1.807, 2.05) is 24.4 Å². The second-order valence-electron chi connectivity index (χ2n) is 7.86. The highest BCUT2D eigenvalue weighted by atomic mass is 32.1. The van der Waals surface area contributed by atoms with E-state index in [-0.39, 0.29) is 18.5 Å². The summed E-state index contributed by atoms with van der Waals surface area (Å²) in [5.41, 5.74) is 1.97. The Morgan fingerprint density at radius 1 is 1.09 bits per heavy atom. The molecule has 1 aliphatic rings. The lowest BCUT2D eigenvalue weighted by Gasteiger charge is -2.36. The number of benzene rings is 2. The zero-order chi connectivity index (χ0) is 23.6. The van der Waals surface area contributed by atoms with Crippen LogP contribution in [0.15, 0.2) is 60.0 Å². The molecule has 1 aliphatic heterocycles. The van der Waals surface area contributed by atoms with Crippen molar-refractivity contribution in [2.45, 2.75) is 26.1 Å². The van der Waals surface area contributed by atoms with Gasteiger partial charge in [0.25, 0.3) is 5.91 Å². The molecule has 0 atom stereocenters. The van der Waals surface area contributed by atoms with Gasteiger partial charge in [-0.2, -0.15) is 13.2 Å². The number of anilines is 2. The van der Waals surface area contributed by atoms with Crippen LogP contribution >= 0.6 is 11.3 Å². The standard InChI is InChI=1S/C24H22F3N3O2S/c1-16-5-10-20(19(14-16)28-22(31)21-4-2-13-33-21)30-12-3-11-29(23(30)32)15-17-6-8-18(9-7-17)24(25,26)27/h2,4-10,13-14H,3,11-12,15H2,1H3,(H,28,31). The van der Waals surface area contributed by atoms with E-state index in [9.17, 15) is 22.8 Å². The van der Waals surface area contributed by atoms with Gasteiger partial charge in [-0.25, -0.2) is 4.79 Å². The molecule has 1 fully saturated rings. The molecule has 2 aromatic carbocycles. The predicted molar refractivity (Wildman–Crippen MR) is 123 cm³/mol. The van der Waals surface area contributed by atoms with E-state index in [2.05, 4.69) is 5.32 Å². The summed E-state index contributed by atoms with van der Waals surface area (Å²) >= 11 is 1.33. The van der Waals surface area contributed by atoms with Gasteiger partial charge in [-0.1, -0.05) is 24.3 Å². The average Bonchev–Trinajstić information content (AvgIpc) is 3.31. The third-order valence-electron chi connectivity index (χ3n) is 5.40. The average molecular weight is 474 g/mol. The van der Waals surface area contributed by atoms with Crippen molar-refractivity contribution < 1.29 is 22.8 Å². The number of halogens is 3. The van der Waals surface area contributed by atoms with Crippen LogP contribution in [0.4, 0.5) is 29.3 Å². The largest absolute Gasteiger partial charge is 0.416 e. The molecule has 4 rings (SSSR count). The van der Waals surface area contributed by atoms with Crippen molar-refractivity contribution in [1.82, 2.24) is 4.90 Å². The van der Waals surface area contributed by atoms with Gasteiger partial charge in [-0.15, -0.1) is 11.3 Å². The maximum atomic E-state index is 13.3. The molecular formula is C24H22F3N3O2S. The molecule has 0 bridgehead atoms. The highest BCUT2D eigenvalue weighted by Gasteiger charge is 2.31. The van der Waals surface area contributed by atoms with Gasteiger partial charge in [-0.05, 0) is 60.2 Å². The summed E-state index contributed by atoms with van der Waals surface area (Å²) in [6, 6.07) is 13.6. The van der Waals surface area contributed by atoms with Crippen molar-refractivity contribution in [1.29, 1.82) is 0 Å². The van der Waals surface area contributed by atoms with E-state index in [0.717, 1.165) is 17.7 Å². The van der Waals surface area contributed by atoms with Crippen LogP contribution in [0.2, 0.25) is 0 Å². The van der Waals surface area contributed by atoms with Crippen LogP contribution in [-0.2, 0) is 12.7 Å². The zero-order valence-electron chi connectivity index (χ0n) is 17.9. The minimum absolute atomic E-state index is 0.205. The number of carbonyl (C=O) groups excluding carboxylic acids is 2. The Bertz CT molecular complexity index is 1140. The second kappa shape index (κ2) is 9.27. The fraction of sp³-hybridized carbons (Fsp3) is 0.250. The van der Waals surface area contributed by atoms with Gasteiger partial charge in [0.15, 0.2) is 0 Å².